The van der Waals surface area contributed by atoms with Gasteiger partial charge in [-0.05, 0) is 29.8 Å². The number of anilines is 1. The van der Waals surface area contributed by atoms with E-state index in [9.17, 15) is 4.79 Å². The van der Waals surface area contributed by atoms with E-state index in [0.717, 1.165) is 24.7 Å². The minimum atomic E-state index is -0.0888. The Hall–Kier alpha value is -2.44. The van der Waals surface area contributed by atoms with E-state index in [1.807, 2.05) is 41.3 Å². The summed E-state index contributed by atoms with van der Waals surface area (Å²) in [5.41, 5.74) is 1.90. The number of halogens is 1. The molecule has 1 fully saturated rings. The number of carbonyl (C=O) groups is 1. The van der Waals surface area contributed by atoms with Crippen LogP contribution in [0.15, 0.2) is 42.5 Å². The molecule has 0 unspecified atom stereocenters. The molecule has 0 saturated carbocycles. The molecule has 7 heteroatoms. The number of nitrogens with one attached hydrogen (secondary N) is 1. The Morgan fingerprint density at radius 2 is 1.78 bits per heavy atom. The third-order valence-corrected chi connectivity index (χ3v) is 4.98. The lowest BCUT2D eigenvalue weighted by Gasteiger charge is -2.34. The monoisotopic (exact) mass is 387 g/mol. The summed E-state index contributed by atoms with van der Waals surface area (Å²) >= 11 is 6.05. The number of amides is 2. The van der Waals surface area contributed by atoms with Crippen molar-refractivity contribution < 1.29 is 14.3 Å². The maximum absolute atomic E-state index is 12.6. The highest BCUT2D eigenvalue weighted by Gasteiger charge is 2.22. The molecule has 1 N–H and O–H groups in total. The van der Waals surface area contributed by atoms with Crippen LogP contribution < -0.4 is 14.8 Å². The Bertz CT molecular complexity index is 822. The van der Waals surface area contributed by atoms with Crippen LogP contribution in [0.5, 0.6) is 11.5 Å². The van der Waals surface area contributed by atoms with E-state index in [-0.39, 0.29) is 6.03 Å². The molecule has 2 amide bonds. The van der Waals surface area contributed by atoms with Gasteiger partial charge in [0.15, 0.2) is 11.5 Å². The first kappa shape index (κ1) is 17.9. The summed E-state index contributed by atoms with van der Waals surface area (Å²) in [6.07, 6.45) is 0. The zero-order valence-corrected chi connectivity index (χ0v) is 15.7. The van der Waals surface area contributed by atoms with Gasteiger partial charge in [0.2, 0.25) is 0 Å². The maximum Gasteiger partial charge on any atom is 0.321 e. The fourth-order valence-electron chi connectivity index (χ4n) is 3.33. The molecule has 1 saturated heterocycles. The average molecular weight is 388 g/mol. The number of fused-ring (bicyclic) bond motifs is 1. The predicted octanol–water partition coefficient (Wildman–Crippen LogP) is 3.46. The van der Waals surface area contributed by atoms with Gasteiger partial charge >= 0.3 is 6.03 Å². The lowest BCUT2D eigenvalue weighted by molar-refractivity contribution is 0.143. The molecule has 0 atom stereocenters. The molecule has 6 nitrogen and oxygen atoms in total. The minimum absolute atomic E-state index is 0.0888. The number of nitrogens with zero attached hydrogens (tertiary/aromatic N) is 2. The lowest BCUT2D eigenvalue weighted by Crippen LogP contribution is -2.49. The van der Waals surface area contributed by atoms with Crippen LogP contribution in [0.4, 0.5) is 10.5 Å². The van der Waals surface area contributed by atoms with E-state index in [1.54, 1.807) is 0 Å². The summed E-state index contributed by atoms with van der Waals surface area (Å²) in [6, 6.07) is 13.3. The van der Waals surface area contributed by atoms with E-state index < -0.39 is 0 Å². The van der Waals surface area contributed by atoms with Gasteiger partial charge in [-0.2, -0.15) is 0 Å². The third kappa shape index (κ3) is 4.46. The zero-order valence-electron chi connectivity index (χ0n) is 15.0. The molecule has 142 valence electrons. The van der Waals surface area contributed by atoms with Crippen molar-refractivity contribution in [2.45, 2.75) is 6.54 Å². The van der Waals surface area contributed by atoms with Gasteiger partial charge in [-0.15, -0.1) is 0 Å². The molecule has 2 aromatic carbocycles. The van der Waals surface area contributed by atoms with E-state index in [0.29, 0.717) is 43.5 Å². The molecule has 0 aliphatic carbocycles. The molecule has 2 heterocycles. The van der Waals surface area contributed by atoms with Gasteiger partial charge in [-0.1, -0.05) is 23.7 Å². The first-order valence-electron chi connectivity index (χ1n) is 9.10. The molecule has 4 rings (SSSR count). The first-order chi connectivity index (χ1) is 13.2. The number of hydrogen-bond donors (Lipinski definition) is 1. The SMILES string of the molecule is O=C(Nc1ccc2c(c1)OCCO2)N1CCN(Cc2cccc(Cl)c2)CC1. The van der Waals surface area contributed by atoms with Crippen LogP contribution in [-0.4, -0.2) is 55.2 Å². The van der Waals surface area contributed by atoms with Crippen LogP contribution in [0.2, 0.25) is 5.02 Å². The molecule has 27 heavy (non-hydrogen) atoms. The van der Waals surface area contributed by atoms with Crippen LogP contribution in [0.1, 0.15) is 5.56 Å². The molecule has 0 spiro atoms. The molecule has 0 bridgehead atoms. The molecular formula is C20H22ClN3O3. The first-order valence-corrected chi connectivity index (χ1v) is 9.47. The Kier molecular flexibility index (Phi) is 5.36. The van der Waals surface area contributed by atoms with E-state index >= 15 is 0 Å². The average Bonchev–Trinajstić information content (AvgIpc) is 2.68. The van der Waals surface area contributed by atoms with Crippen molar-refractivity contribution in [3.05, 3.63) is 53.1 Å². The van der Waals surface area contributed by atoms with Gasteiger partial charge in [0.1, 0.15) is 13.2 Å². The number of urea groups is 1. The summed E-state index contributed by atoms with van der Waals surface area (Å²) < 4.78 is 11.1. The third-order valence-electron chi connectivity index (χ3n) is 4.75. The van der Waals surface area contributed by atoms with Gasteiger partial charge in [-0.25, -0.2) is 4.79 Å². The molecule has 0 radical (unpaired) electrons. The number of ether oxygens (including phenoxy) is 2. The number of rotatable bonds is 3. The molecular weight excluding hydrogens is 366 g/mol. The molecule has 2 aromatic rings. The van der Waals surface area contributed by atoms with E-state index in [1.165, 1.54) is 5.56 Å². The summed E-state index contributed by atoms with van der Waals surface area (Å²) in [5, 5.41) is 3.70. The fraction of sp³-hybridized carbons (Fsp3) is 0.350. The Morgan fingerprint density at radius 1 is 1.00 bits per heavy atom. The van der Waals surface area contributed by atoms with Gasteiger partial charge in [0.25, 0.3) is 0 Å². The van der Waals surface area contributed by atoms with Gasteiger partial charge in [0.05, 0.1) is 0 Å². The number of hydrogen-bond acceptors (Lipinski definition) is 4. The Morgan fingerprint density at radius 3 is 2.56 bits per heavy atom. The van der Waals surface area contributed by atoms with E-state index in [2.05, 4.69) is 16.3 Å². The van der Waals surface area contributed by atoms with Crippen LogP contribution in [-0.2, 0) is 6.54 Å². The molecule has 0 aromatic heterocycles. The lowest BCUT2D eigenvalue weighted by atomic mass is 10.2. The van der Waals surface area contributed by atoms with Crippen molar-refractivity contribution in [1.82, 2.24) is 9.80 Å². The van der Waals surface area contributed by atoms with Crippen molar-refractivity contribution in [3.8, 4) is 11.5 Å². The van der Waals surface area contributed by atoms with Crippen molar-refractivity contribution in [2.75, 3.05) is 44.7 Å². The summed E-state index contributed by atoms with van der Waals surface area (Å²) in [4.78, 5) is 16.7. The van der Waals surface area contributed by atoms with Crippen molar-refractivity contribution >= 4 is 23.3 Å². The second-order valence-electron chi connectivity index (χ2n) is 6.68. The largest absolute Gasteiger partial charge is 0.486 e. The Balaban J connectivity index is 1.29. The number of piperazine rings is 1. The normalized spacial score (nSPS) is 16.9. The summed E-state index contributed by atoms with van der Waals surface area (Å²) in [7, 11) is 0. The quantitative estimate of drug-likeness (QED) is 0.876. The predicted molar refractivity (Wildman–Crippen MR) is 105 cm³/mol. The second-order valence-corrected chi connectivity index (χ2v) is 7.12. The van der Waals surface area contributed by atoms with Gasteiger partial charge in [0, 0.05) is 49.5 Å². The summed E-state index contributed by atoms with van der Waals surface area (Å²) in [5.74, 6) is 1.39. The van der Waals surface area contributed by atoms with Crippen LogP contribution in [0.3, 0.4) is 0 Å². The highest BCUT2D eigenvalue weighted by molar-refractivity contribution is 6.30. The van der Waals surface area contributed by atoms with Crippen LogP contribution >= 0.6 is 11.6 Å². The van der Waals surface area contributed by atoms with Gasteiger partial charge < -0.3 is 19.7 Å². The van der Waals surface area contributed by atoms with Crippen molar-refractivity contribution in [1.29, 1.82) is 0 Å². The maximum atomic E-state index is 12.6. The number of benzene rings is 2. The molecule has 2 aliphatic heterocycles. The van der Waals surface area contributed by atoms with Crippen molar-refractivity contribution in [2.24, 2.45) is 0 Å². The Labute approximate surface area is 163 Å². The second kappa shape index (κ2) is 8.06. The summed E-state index contributed by atoms with van der Waals surface area (Å²) in [6.45, 7) is 4.98. The van der Waals surface area contributed by atoms with Gasteiger partial charge in [-0.3, -0.25) is 4.90 Å². The highest BCUT2D eigenvalue weighted by Crippen LogP contribution is 2.32. The zero-order chi connectivity index (χ0) is 18.6. The molecule has 2 aliphatic rings. The number of carbonyl (C=O) groups excluding carboxylic acids is 1. The topological polar surface area (TPSA) is 54.0 Å². The minimum Gasteiger partial charge on any atom is -0.486 e. The van der Waals surface area contributed by atoms with Crippen LogP contribution in [0, 0.1) is 0 Å². The standard InChI is InChI=1S/C20H22ClN3O3/c21-16-3-1-2-15(12-16)14-23-6-8-24(9-7-23)20(25)22-17-4-5-18-19(13-17)27-11-10-26-18/h1-5,12-13H,6-11,14H2,(H,22,25). The van der Waals surface area contributed by atoms with Crippen LogP contribution in [0.25, 0.3) is 0 Å². The smallest absolute Gasteiger partial charge is 0.321 e. The highest BCUT2D eigenvalue weighted by atomic mass is 35.5. The fourth-order valence-corrected chi connectivity index (χ4v) is 3.54. The van der Waals surface area contributed by atoms with E-state index in [4.69, 9.17) is 21.1 Å². The van der Waals surface area contributed by atoms with Crippen molar-refractivity contribution in [3.63, 3.8) is 0 Å².